The third-order valence-corrected chi connectivity index (χ3v) is 10.3. The maximum Gasteiger partial charge on any atom is 0.235 e. The van der Waals surface area contributed by atoms with Crippen molar-refractivity contribution in [3.8, 4) is 0 Å². The molecule has 6 rings (SSSR count). The number of hydrogen-bond acceptors (Lipinski definition) is 8. The fourth-order valence-electron chi connectivity index (χ4n) is 6.59. The van der Waals surface area contributed by atoms with Crippen LogP contribution >= 0.6 is 34.2 Å². The number of amides is 2. The van der Waals surface area contributed by atoms with Crippen molar-refractivity contribution < 1.29 is 14.7 Å². The Morgan fingerprint density at radius 1 is 1.12 bits per heavy atom. The Bertz CT molecular complexity index is 1460. The molecular formula is C29H35ClIN7O3. The summed E-state index contributed by atoms with van der Waals surface area (Å²) in [4.78, 5) is 35.9. The van der Waals surface area contributed by atoms with E-state index in [4.69, 9.17) is 16.7 Å². The number of benzene rings is 1. The van der Waals surface area contributed by atoms with E-state index >= 15 is 0 Å². The Morgan fingerprint density at radius 3 is 2.66 bits per heavy atom. The highest BCUT2D eigenvalue weighted by molar-refractivity contribution is 14.1. The van der Waals surface area contributed by atoms with Crippen LogP contribution < -0.4 is 15.1 Å². The largest absolute Gasteiger partial charge is 0.395 e. The molecule has 2 atom stereocenters. The lowest BCUT2D eigenvalue weighted by Crippen LogP contribution is -2.56. The van der Waals surface area contributed by atoms with Gasteiger partial charge < -0.3 is 14.9 Å². The molecule has 1 aromatic carbocycles. The van der Waals surface area contributed by atoms with E-state index in [9.17, 15) is 14.7 Å². The molecule has 0 bridgehead atoms. The van der Waals surface area contributed by atoms with E-state index in [1.165, 1.54) is 0 Å². The summed E-state index contributed by atoms with van der Waals surface area (Å²) in [5.74, 6) is 0.599. The number of piperazine rings is 1. The van der Waals surface area contributed by atoms with Crippen molar-refractivity contribution in [3.05, 3.63) is 44.7 Å². The maximum atomic E-state index is 12.6. The number of pyridine rings is 1. The summed E-state index contributed by atoms with van der Waals surface area (Å²) in [6, 6.07) is 8.31. The zero-order chi connectivity index (χ0) is 28.7. The first kappa shape index (κ1) is 28.6. The van der Waals surface area contributed by atoms with E-state index in [-0.39, 0.29) is 24.5 Å². The van der Waals surface area contributed by atoms with Crippen LogP contribution in [0, 0.1) is 9.49 Å². The van der Waals surface area contributed by atoms with Gasteiger partial charge in [0.05, 0.1) is 40.5 Å². The van der Waals surface area contributed by atoms with Gasteiger partial charge >= 0.3 is 0 Å². The fraction of sp³-hybridized carbons (Fsp3) is 0.517. The molecule has 2 amide bonds. The molecule has 10 nitrogen and oxygen atoms in total. The predicted molar refractivity (Wildman–Crippen MR) is 167 cm³/mol. The highest BCUT2D eigenvalue weighted by Gasteiger charge is 2.34. The van der Waals surface area contributed by atoms with Crippen LogP contribution in [0.15, 0.2) is 30.5 Å². The molecule has 218 valence electrons. The first-order valence-electron chi connectivity index (χ1n) is 14.3. The third kappa shape index (κ3) is 5.78. The number of hydrogen-bond donors (Lipinski definition) is 2. The summed E-state index contributed by atoms with van der Waals surface area (Å²) < 4.78 is 2.87. The first-order valence-corrected chi connectivity index (χ1v) is 15.7. The number of aliphatic hydroxyl groups excluding tert-OH is 1. The van der Waals surface area contributed by atoms with E-state index < -0.39 is 5.92 Å². The summed E-state index contributed by atoms with van der Waals surface area (Å²) in [5, 5.41) is 19.1. The minimum Gasteiger partial charge on any atom is -0.395 e. The Labute approximate surface area is 258 Å². The Hall–Kier alpha value is -2.48. The maximum absolute atomic E-state index is 12.6. The number of nitrogens with one attached hydrogen (secondary N) is 1. The number of carbonyl (C=O) groups excluding carboxylic acids is 2. The minimum atomic E-state index is -0.406. The van der Waals surface area contributed by atoms with Gasteiger partial charge in [-0.2, -0.15) is 5.10 Å². The number of imide groups is 1. The van der Waals surface area contributed by atoms with Crippen molar-refractivity contribution in [2.45, 2.75) is 37.6 Å². The lowest BCUT2D eigenvalue weighted by molar-refractivity contribution is -0.134. The van der Waals surface area contributed by atoms with E-state index in [0.717, 1.165) is 83.8 Å². The van der Waals surface area contributed by atoms with Crippen molar-refractivity contribution in [1.82, 2.24) is 25.0 Å². The topological polar surface area (TPSA) is 107 Å². The van der Waals surface area contributed by atoms with Gasteiger partial charge in [-0.15, -0.1) is 0 Å². The normalized spacial score (nSPS) is 22.9. The number of aryl methyl sites for hydroxylation is 1. The number of halogens is 2. The van der Waals surface area contributed by atoms with Gasteiger partial charge in [0.15, 0.2) is 0 Å². The Morgan fingerprint density at radius 2 is 1.93 bits per heavy atom. The number of piperidine rings is 2. The van der Waals surface area contributed by atoms with Crippen molar-refractivity contribution in [2.75, 3.05) is 55.7 Å². The molecule has 0 saturated carbocycles. The van der Waals surface area contributed by atoms with Crippen LogP contribution in [0.3, 0.4) is 0 Å². The Balaban J connectivity index is 1.10. The molecule has 3 aromatic rings. The van der Waals surface area contributed by atoms with Gasteiger partial charge in [0.2, 0.25) is 11.8 Å². The summed E-state index contributed by atoms with van der Waals surface area (Å²) in [6.45, 7) is 5.51. The SMILES string of the molecule is Cn1nc(C2CCC(=O)NC2=O)c2cccc(N3CCC(CN4CCN(c5cc(I)c(Cl)cn5)C[C@H]4CO)CC3)c21. The zero-order valence-corrected chi connectivity index (χ0v) is 26.0. The van der Waals surface area contributed by atoms with Gasteiger partial charge in [-0.1, -0.05) is 23.7 Å². The lowest BCUT2D eigenvalue weighted by atomic mass is 9.92. The van der Waals surface area contributed by atoms with Gasteiger partial charge in [-0.25, -0.2) is 4.98 Å². The van der Waals surface area contributed by atoms with Crippen LogP contribution in [-0.2, 0) is 16.6 Å². The Kier molecular flexibility index (Phi) is 8.39. The van der Waals surface area contributed by atoms with Gasteiger partial charge in [0.25, 0.3) is 0 Å². The van der Waals surface area contributed by atoms with Crippen molar-refractivity contribution >= 4 is 68.4 Å². The smallest absolute Gasteiger partial charge is 0.235 e. The average molecular weight is 692 g/mol. The highest BCUT2D eigenvalue weighted by Crippen LogP contribution is 2.36. The van der Waals surface area contributed by atoms with Crippen LogP contribution in [0.2, 0.25) is 5.02 Å². The van der Waals surface area contributed by atoms with E-state index in [0.29, 0.717) is 23.8 Å². The summed E-state index contributed by atoms with van der Waals surface area (Å²) in [5.41, 5.74) is 2.93. The summed E-state index contributed by atoms with van der Waals surface area (Å²) in [6.07, 6.45) is 4.68. The molecule has 2 N–H and O–H groups in total. The van der Waals surface area contributed by atoms with Crippen LogP contribution in [0.1, 0.15) is 37.3 Å². The standard InChI is InChI=1S/C29H35ClIN7O3/c1-35-28-20(27(34-35)21-5-6-26(40)33-29(21)41)3-2-4-24(28)36-9-7-18(8-10-36)15-37-11-12-38(16-19(37)17-39)25-13-23(31)22(30)14-32-25/h2-4,13-14,18-19,21,39H,5-12,15-17H2,1H3,(H,33,40,41)/t19-,21?/m0/s1. The molecule has 0 spiro atoms. The molecule has 2 aromatic heterocycles. The van der Waals surface area contributed by atoms with Crippen LogP contribution in [-0.4, -0.2) is 88.5 Å². The molecule has 0 aliphatic carbocycles. The molecule has 3 aliphatic rings. The van der Waals surface area contributed by atoms with Gasteiger partial charge in [-0.05, 0) is 59.9 Å². The highest BCUT2D eigenvalue weighted by atomic mass is 127. The van der Waals surface area contributed by atoms with Gasteiger partial charge in [0, 0.05) is 67.9 Å². The second-order valence-electron chi connectivity index (χ2n) is 11.4. The average Bonchev–Trinajstić information content (AvgIpc) is 3.31. The second kappa shape index (κ2) is 12.0. The number of rotatable bonds is 6. The van der Waals surface area contributed by atoms with Crippen LogP contribution in [0.25, 0.3) is 10.9 Å². The number of fused-ring (bicyclic) bond motifs is 1. The lowest BCUT2D eigenvalue weighted by Gasteiger charge is -2.44. The van der Waals surface area contributed by atoms with Gasteiger partial charge in [-0.3, -0.25) is 24.5 Å². The fourth-order valence-corrected chi connectivity index (χ4v) is 7.11. The summed E-state index contributed by atoms with van der Waals surface area (Å²) >= 11 is 8.40. The first-order chi connectivity index (χ1) is 19.8. The second-order valence-corrected chi connectivity index (χ2v) is 12.9. The van der Waals surface area contributed by atoms with Crippen LogP contribution in [0.5, 0.6) is 0 Å². The molecule has 5 heterocycles. The van der Waals surface area contributed by atoms with E-state index in [1.807, 2.05) is 29.9 Å². The van der Waals surface area contributed by atoms with Gasteiger partial charge in [0.1, 0.15) is 5.82 Å². The number of para-hydroxylation sites is 1. The molecule has 3 saturated heterocycles. The quantitative estimate of drug-likeness (QED) is 0.300. The molecule has 0 radical (unpaired) electrons. The van der Waals surface area contributed by atoms with Crippen molar-refractivity contribution in [3.63, 3.8) is 0 Å². The zero-order valence-electron chi connectivity index (χ0n) is 23.1. The summed E-state index contributed by atoms with van der Waals surface area (Å²) in [7, 11) is 1.93. The van der Waals surface area contributed by atoms with Crippen molar-refractivity contribution in [2.24, 2.45) is 13.0 Å². The predicted octanol–water partition coefficient (Wildman–Crippen LogP) is 3.15. The molecule has 3 fully saturated rings. The van der Waals surface area contributed by atoms with Crippen molar-refractivity contribution in [1.29, 1.82) is 0 Å². The monoisotopic (exact) mass is 691 g/mol. The molecule has 41 heavy (non-hydrogen) atoms. The number of aliphatic hydroxyl groups is 1. The minimum absolute atomic E-state index is 0.0748. The third-order valence-electron chi connectivity index (χ3n) is 8.82. The molecule has 12 heteroatoms. The molecule has 3 aliphatic heterocycles. The van der Waals surface area contributed by atoms with E-state index in [2.05, 4.69) is 53.7 Å². The molecule has 1 unspecified atom stereocenters. The van der Waals surface area contributed by atoms with Crippen LogP contribution in [0.4, 0.5) is 11.5 Å². The van der Waals surface area contributed by atoms with E-state index in [1.54, 1.807) is 6.20 Å². The number of carbonyl (C=O) groups is 2. The number of nitrogens with zero attached hydrogens (tertiary/aromatic N) is 6. The molecular weight excluding hydrogens is 657 g/mol. The number of aromatic nitrogens is 3. The number of anilines is 2.